The molecule has 1 atom stereocenters. The van der Waals surface area contributed by atoms with Gasteiger partial charge in [-0.25, -0.2) is 23.7 Å². The second-order valence-electron chi connectivity index (χ2n) is 6.39. The van der Waals surface area contributed by atoms with E-state index in [2.05, 4.69) is 25.6 Å². The monoisotopic (exact) mass is 374 g/mol. The quantitative estimate of drug-likeness (QED) is 0.691. The van der Waals surface area contributed by atoms with Gasteiger partial charge in [-0.1, -0.05) is 0 Å². The number of aromatic nitrogens is 4. The molecule has 1 saturated heterocycles. The molecule has 2 N–H and O–H groups in total. The molecule has 0 radical (unpaired) electrons. The van der Waals surface area contributed by atoms with Crippen LogP contribution in [-0.4, -0.2) is 51.5 Å². The maximum Gasteiger partial charge on any atom is 0.272 e. The molecule has 0 bridgehead atoms. The van der Waals surface area contributed by atoms with Gasteiger partial charge in [-0.3, -0.25) is 4.40 Å². The lowest BCUT2D eigenvalue weighted by molar-refractivity contribution is 0.0819. The highest BCUT2D eigenvalue weighted by Crippen LogP contribution is 2.23. The molecule has 9 heteroatoms. The van der Waals surface area contributed by atoms with Crippen LogP contribution in [0.25, 0.3) is 17.0 Å². The molecule has 3 aromatic heterocycles. The Labute approximate surface area is 154 Å². The van der Waals surface area contributed by atoms with Crippen LogP contribution in [0.5, 0.6) is 5.75 Å². The van der Waals surface area contributed by atoms with E-state index in [1.807, 2.05) is 10.5 Å². The molecule has 0 aromatic carbocycles. The second kappa shape index (κ2) is 7.83. The number of fused-ring (bicyclic) bond motifs is 1. The molecule has 0 amide bonds. The van der Waals surface area contributed by atoms with Gasteiger partial charge < -0.3 is 15.4 Å². The van der Waals surface area contributed by atoms with E-state index < -0.39 is 13.0 Å². The molecule has 4 heterocycles. The van der Waals surface area contributed by atoms with Gasteiger partial charge in [0.05, 0.1) is 17.6 Å². The van der Waals surface area contributed by atoms with Crippen molar-refractivity contribution in [2.45, 2.75) is 25.3 Å². The van der Waals surface area contributed by atoms with Crippen molar-refractivity contribution in [2.75, 3.05) is 25.0 Å². The SMILES string of the molecule is FC(F)COc1ccn2c(-c3ccnc(N[C@@H]4CCCNC4)n3)cnc2c1. The normalized spacial score (nSPS) is 17.4. The molecule has 27 heavy (non-hydrogen) atoms. The van der Waals surface area contributed by atoms with Gasteiger partial charge in [0.2, 0.25) is 5.95 Å². The van der Waals surface area contributed by atoms with Crippen LogP contribution in [-0.2, 0) is 0 Å². The zero-order valence-electron chi connectivity index (χ0n) is 14.6. The molecular weight excluding hydrogens is 354 g/mol. The summed E-state index contributed by atoms with van der Waals surface area (Å²) >= 11 is 0. The standard InChI is InChI=1S/C18H20F2N6O/c19-16(20)11-27-13-4-7-26-15(10-23-17(26)8-13)14-3-6-22-18(25-14)24-12-2-1-5-21-9-12/h3-4,6-8,10,12,16,21H,1-2,5,9,11H2,(H,22,24,25)/t12-/m1/s1. The molecule has 7 nitrogen and oxygen atoms in total. The summed E-state index contributed by atoms with van der Waals surface area (Å²) in [4.78, 5) is 13.2. The Balaban J connectivity index is 1.55. The van der Waals surface area contributed by atoms with Gasteiger partial charge >= 0.3 is 0 Å². The number of nitrogens with zero attached hydrogens (tertiary/aromatic N) is 4. The summed E-state index contributed by atoms with van der Waals surface area (Å²) in [7, 11) is 0. The zero-order chi connectivity index (χ0) is 18.6. The van der Waals surface area contributed by atoms with Crippen LogP contribution in [0.2, 0.25) is 0 Å². The summed E-state index contributed by atoms with van der Waals surface area (Å²) < 4.78 is 31.5. The third kappa shape index (κ3) is 4.13. The first-order chi connectivity index (χ1) is 13.2. The molecule has 1 aliphatic heterocycles. The lowest BCUT2D eigenvalue weighted by atomic mass is 10.1. The predicted molar refractivity (Wildman–Crippen MR) is 97.2 cm³/mol. The number of pyridine rings is 1. The molecule has 1 aliphatic rings. The second-order valence-corrected chi connectivity index (χ2v) is 6.39. The van der Waals surface area contributed by atoms with Gasteiger partial charge in [0.1, 0.15) is 18.0 Å². The van der Waals surface area contributed by atoms with Crippen molar-refractivity contribution >= 4 is 11.6 Å². The van der Waals surface area contributed by atoms with E-state index in [1.165, 1.54) is 0 Å². The van der Waals surface area contributed by atoms with Gasteiger partial charge in [0.25, 0.3) is 6.43 Å². The minimum Gasteiger partial charge on any atom is -0.487 e. The minimum atomic E-state index is -2.51. The Morgan fingerprint density at radius 2 is 2.26 bits per heavy atom. The molecular formula is C18H20F2N6O. The summed E-state index contributed by atoms with van der Waals surface area (Å²) in [6.07, 6.45) is 4.83. The van der Waals surface area contributed by atoms with Crippen LogP contribution in [0.3, 0.4) is 0 Å². The highest BCUT2D eigenvalue weighted by Gasteiger charge is 2.15. The summed E-state index contributed by atoms with van der Waals surface area (Å²) in [5.74, 6) is 0.933. The summed E-state index contributed by atoms with van der Waals surface area (Å²) in [5.41, 5.74) is 2.11. The van der Waals surface area contributed by atoms with Crippen molar-refractivity contribution < 1.29 is 13.5 Å². The van der Waals surface area contributed by atoms with Crippen molar-refractivity contribution in [3.05, 3.63) is 36.8 Å². The number of nitrogens with one attached hydrogen (secondary N) is 2. The molecule has 142 valence electrons. The third-order valence-electron chi connectivity index (χ3n) is 4.41. The van der Waals surface area contributed by atoms with Crippen LogP contribution in [0.4, 0.5) is 14.7 Å². The van der Waals surface area contributed by atoms with E-state index >= 15 is 0 Å². The Morgan fingerprint density at radius 1 is 1.33 bits per heavy atom. The molecule has 0 aliphatic carbocycles. The number of piperidine rings is 1. The number of hydrogen-bond acceptors (Lipinski definition) is 6. The van der Waals surface area contributed by atoms with Gasteiger partial charge in [-0.05, 0) is 31.5 Å². The molecule has 3 aromatic rings. The lowest BCUT2D eigenvalue weighted by Crippen LogP contribution is -2.38. The maximum atomic E-state index is 12.3. The summed E-state index contributed by atoms with van der Waals surface area (Å²) in [5, 5.41) is 6.72. The van der Waals surface area contributed by atoms with E-state index in [0.717, 1.165) is 37.3 Å². The van der Waals surface area contributed by atoms with Crippen molar-refractivity contribution in [1.82, 2.24) is 24.7 Å². The number of imidazole rings is 1. The molecule has 0 spiro atoms. The highest BCUT2D eigenvalue weighted by molar-refractivity contribution is 5.61. The van der Waals surface area contributed by atoms with Gasteiger partial charge in [0, 0.05) is 31.0 Å². The van der Waals surface area contributed by atoms with Gasteiger partial charge in [-0.2, -0.15) is 0 Å². The number of anilines is 1. The first-order valence-electron chi connectivity index (χ1n) is 8.88. The van der Waals surface area contributed by atoms with Crippen LogP contribution in [0, 0.1) is 0 Å². The summed E-state index contributed by atoms with van der Waals surface area (Å²) in [6.45, 7) is 1.30. The third-order valence-corrected chi connectivity index (χ3v) is 4.41. The van der Waals surface area contributed by atoms with Gasteiger partial charge in [0.15, 0.2) is 0 Å². The van der Waals surface area contributed by atoms with Crippen molar-refractivity contribution in [1.29, 1.82) is 0 Å². The number of halogens is 2. The fourth-order valence-corrected chi connectivity index (χ4v) is 3.13. The fourth-order valence-electron chi connectivity index (χ4n) is 3.13. The minimum absolute atomic E-state index is 0.311. The molecule has 1 fully saturated rings. The van der Waals surface area contributed by atoms with E-state index in [0.29, 0.717) is 23.4 Å². The Morgan fingerprint density at radius 3 is 3.07 bits per heavy atom. The maximum absolute atomic E-state index is 12.3. The molecule has 0 unspecified atom stereocenters. The van der Waals surface area contributed by atoms with E-state index in [-0.39, 0.29) is 0 Å². The number of ether oxygens (including phenoxy) is 1. The first kappa shape index (κ1) is 17.6. The van der Waals surface area contributed by atoms with Crippen LogP contribution >= 0.6 is 0 Å². The fraction of sp³-hybridized carbons (Fsp3) is 0.389. The smallest absolute Gasteiger partial charge is 0.272 e. The summed E-state index contributed by atoms with van der Waals surface area (Å²) in [6, 6.07) is 5.38. The lowest BCUT2D eigenvalue weighted by Gasteiger charge is -2.23. The Bertz CT molecular complexity index is 910. The number of alkyl halides is 2. The van der Waals surface area contributed by atoms with E-state index in [1.54, 1.807) is 30.7 Å². The predicted octanol–water partition coefficient (Wildman–Crippen LogP) is 2.60. The zero-order valence-corrected chi connectivity index (χ0v) is 14.6. The number of rotatable bonds is 6. The Kier molecular flexibility index (Phi) is 5.10. The van der Waals surface area contributed by atoms with Crippen LogP contribution in [0.15, 0.2) is 36.8 Å². The molecule has 4 rings (SSSR count). The van der Waals surface area contributed by atoms with Crippen molar-refractivity contribution in [3.63, 3.8) is 0 Å². The average molecular weight is 374 g/mol. The van der Waals surface area contributed by atoms with Crippen LogP contribution < -0.4 is 15.4 Å². The average Bonchev–Trinajstić information content (AvgIpc) is 3.11. The van der Waals surface area contributed by atoms with E-state index in [4.69, 9.17) is 4.74 Å². The first-order valence-corrected chi connectivity index (χ1v) is 8.88. The topological polar surface area (TPSA) is 76.4 Å². The van der Waals surface area contributed by atoms with Crippen LogP contribution in [0.1, 0.15) is 12.8 Å². The van der Waals surface area contributed by atoms with Crippen molar-refractivity contribution in [3.8, 4) is 17.1 Å². The van der Waals surface area contributed by atoms with Crippen molar-refractivity contribution in [2.24, 2.45) is 0 Å². The molecule has 0 saturated carbocycles. The Hall–Kier alpha value is -2.81. The largest absolute Gasteiger partial charge is 0.487 e. The highest BCUT2D eigenvalue weighted by atomic mass is 19.3. The van der Waals surface area contributed by atoms with E-state index in [9.17, 15) is 8.78 Å². The van der Waals surface area contributed by atoms with Gasteiger partial charge in [-0.15, -0.1) is 0 Å². The number of hydrogen-bond donors (Lipinski definition) is 2.